The lowest BCUT2D eigenvalue weighted by Gasteiger charge is -2.34. The van der Waals surface area contributed by atoms with Gasteiger partial charge in [0, 0.05) is 38.6 Å². The molecule has 0 unspecified atom stereocenters. The Labute approximate surface area is 120 Å². The number of hydrogen-bond donors (Lipinski definition) is 1. The van der Waals surface area contributed by atoms with Gasteiger partial charge in [0.05, 0.1) is 5.69 Å². The third-order valence-corrected chi connectivity index (χ3v) is 4.21. The van der Waals surface area contributed by atoms with Crippen molar-refractivity contribution in [1.82, 2.24) is 14.9 Å². The van der Waals surface area contributed by atoms with E-state index in [2.05, 4.69) is 14.9 Å². The van der Waals surface area contributed by atoms with E-state index in [9.17, 15) is 4.79 Å². The molecule has 2 N–H and O–H groups in total. The van der Waals surface area contributed by atoms with E-state index in [1.165, 1.54) is 11.3 Å². The Bertz CT molecular complexity index is 592. The number of anilines is 2. The Kier molecular flexibility index (Phi) is 3.51. The summed E-state index contributed by atoms with van der Waals surface area (Å²) >= 11 is 1.39. The summed E-state index contributed by atoms with van der Waals surface area (Å²) in [6.45, 7) is 2.80. The topological polar surface area (TPSA) is 75.4 Å². The van der Waals surface area contributed by atoms with Crippen molar-refractivity contribution in [3.8, 4) is 0 Å². The fraction of sp³-hybridized carbons (Fsp3) is 0.308. The van der Waals surface area contributed by atoms with Gasteiger partial charge >= 0.3 is 0 Å². The number of aromatic nitrogens is 2. The van der Waals surface area contributed by atoms with Crippen molar-refractivity contribution < 1.29 is 4.79 Å². The Morgan fingerprint density at radius 3 is 2.50 bits per heavy atom. The molecule has 104 valence electrons. The van der Waals surface area contributed by atoms with Crippen LogP contribution in [0.25, 0.3) is 0 Å². The molecular formula is C13H15N5OS. The fourth-order valence-electron chi connectivity index (χ4n) is 2.20. The molecule has 1 aliphatic rings. The van der Waals surface area contributed by atoms with Crippen LogP contribution in [0.3, 0.4) is 0 Å². The summed E-state index contributed by atoms with van der Waals surface area (Å²) < 4.78 is 0. The molecule has 0 saturated carbocycles. The minimum Gasteiger partial charge on any atom is -0.397 e. The third kappa shape index (κ3) is 2.44. The van der Waals surface area contributed by atoms with Crippen molar-refractivity contribution in [3.63, 3.8) is 0 Å². The highest BCUT2D eigenvalue weighted by molar-refractivity contribution is 7.12. The molecule has 7 heteroatoms. The number of nitrogens with zero attached hydrogens (tertiary/aromatic N) is 4. The van der Waals surface area contributed by atoms with E-state index in [4.69, 9.17) is 5.73 Å². The van der Waals surface area contributed by atoms with Gasteiger partial charge in [0.1, 0.15) is 4.88 Å². The first-order chi connectivity index (χ1) is 9.75. The molecule has 1 saturated heterocycles. The van der Waals surface area contributed by atoms with Gasteiger partial charge in [-0.15, -0.1) is 11.3 Å². The molecule has 0 radical (unpaired) electrons. The summed E-state index contributed by atoms with van der Waals surface area (Å²) in [6.07, 6.45) is 3.46. The number of piperazine rings is 1. The molecule has 0 bridgehead atoms. The van der Waals surface area contributed by atoms with Gasteiger partial charge in [-0.05, 0) is 17.5 Å². The molecule has 0 atom stereocenters. The number of nitrogens with two attached hydrogens (primary N) is 1. The molecule has 20 heavy (non-hydrogen) atoms. The van der Waals surface area contributed by atoms with Crippen LogP contribution in [0.4, 0.5) is 11.6 Å². The zero-order valence-corrected chi connectivity index (χ0v) is 11.7. The van der Waals surface area contributed by atoms with Crippen LogP contribution >= 0.6 is 11.3 Å². The maximum absolute atomic E-state index is 12.3. The first-order valence-electron chi connectivity index (χ1n) is 6.40. The van der Waals surface area contributed by atoms with Crippen LogP contribution in [0.1, 0.15) is 9.67 Å². The van der Waals surface area contributed by atoms with Crippen molar-refractivity contribution >= 4 is 28.9 Å². The van der Waals surface area contributed by atoms with E-state index in [1.54, 1.807) is 24.5 Å². The second-order valence-electron chi connectivity index (χ2n) is 4.53. The molecule has 0 aliphatic carbocycles. The first-order valence-corrected chi connectivity index (χ1v) is 7.28. The number of hydrogen-bond acceptors (Lipinski definition) is 6. The van der Waals surface area contributed by atoms with Gasteiger partial charge in [0.15, 0.2) is 0 Å². The second kappa shape index (κ2) is 5.46. The summed E-state index contributed by atoms with van der Waals surface area (Å²) in [6, 6.07) is 3.56. The van der Waals surface area contributed by atoms with Crippen molar-refractivity contribution in [2.75, 3.05) is 36.8 Å². The number of thiophene rings is 1. The molecule has 1 fully saturated rings. The minimum absolute atomic E-state index is 0.0196. The van der Waals surface area contributed by atoms with E-state index in [0.29, 0.717) is 23.7 Å². The predicted molar refractivity (Wildman–Crippen MR) is 78.9 cm³/mol. The largest absolute Gasteiger partial charge is 0.397 e. The number of amides is 1. The van der Waals surface area contributed by atoms with Crippen LogP contribution in [0, 0.1) is 0 Å². The number of carbonyl (C=O) groups is 1. The van der Waals surface area contributed by atoms with Crippen molar-refractivity contribution in [2.24, 2.45) is 0 Å². The SMILES string of the molecule is Nc1ccsc1C(=O)N1CCN(c2ncccn2)CC1. The van der Waals surface area contributed by atoms with Crippen LogP contribution < -0.4 is 10.6 Å². The molecule has 2 aromatic rings. The average molecular weight is 289 g/mol. The van der Waals surface area contributed by atoms with Crippen LogP contribution in [0.2, 0.25) is 0 Å². The van der Waals surface area contributed by atoms with Crippen LogP contribution in [0.15, 0.2) is 29.9 Å². The molecular weight excluding hydrogens is 274 g/mol. The van der Waals surface area contributed by atoms with Crippen LogP contribution in [-0.2, 0) is 0 Å². The highest BCUT2D eigenvalue weighted by Crippen LogP contribution is 2.22. The third-order valence-electron chi connectivity index (χ3n) is 3.29. The van der Waals surface area contributed by atoms with Gasteiger partial charge in [-0.3, -0.25) is 4.79 Å². The summed E-state index contributed by atoms with van der Waals surface area (Å²) in [5.41, 5.74) is 6.36. The van der Waals surface area contributed by atoms with Crippen molar-refractivity contribution in [1.29, 1.82) is 0 Å². The van der Waals surface area contributed by atoms with Crippen LogP contribution in [-0.4, -0.2) is 47.0 Å². The summed E-state index contributed by atoms with van der Waals surface area (Å²) in [7, 11) is 0. The van der Waals surface area contributed by atoms with Crippen LogP contribution in [0.5, 0.6) is 0 Å². The average Bonchev–Trinajstić information content (AvgIpc) is 2.94. The number of carbonyl (C=O) groups excluding carboxylic acids is 1. The standard InChI is InChI=1S/C13H15N5OS/c14-10-2-9-20-11(10)12(19)17-5-7-18(8-6-17)13-15-3-1-4-16-13/h1-4,9H,5-8,14H2. The van der Waals surface area contributed by atoms with E-state index in [1.807, 2.05) is 10.3 Å². The Morgan fingerprint density at radius 1 is 1.20 bits per heavy atom. The van der Waals surface area contributed by atoms with E-state index < -0.39 is 0 Å². The lowest BCUT2D eigenvalue weighted by Crippen LogP contribution is -2.49. The summed E-state index contributed by atoms with van der Waals surface area (Å²) in [4.78, 5) is 25.3. The quantitative estimate of drug-likeness (QED) is 0.895. The maximum atomic E-state index is 12.3. The minimum atomic E-state index is 0.0196. The lowest BCUT2D eigenvalue weighted by molar-refractivity contribution is 0.0752. The predicted octanol–water partition coefficient (Wildman–Crippen LogP) is 1.08. The van der Waals surface area contributed by atoms with E-state index in [-0.39, 0.29) is 5.91 Å². The molecule has 1 aliphatic heterocycles. The zero-order chi connectivity index (χ0) is 13.9. The van der Waals surface area contributed by atoms with Gasteiger partial charge in [-0.25, -0.2) is 9.97 Å². The lowest BCUT2D eigenvalue weighted by atomic mass is 10.3. The maximum Gasteiger partial charge on any atom is 0.266 e. The Balaban J connectivity index is 1.64. The van der Waals surface area contributed by atoms with Crippen molar-refractivity contribution in [3.05, 3.63) is 34.8 Å². The highest BCUT2D eigenvalue weighted by atomic mass is 32.1. The van der Waals surface area contributed by atoms with Gasteiger partial charge in [0.2, 0.25) is 5.95 Å². The smallest absolute Gasteiger partial charge is 0.266 e. The normalized spacial score (nSPS) is 15.4. The number of nitrogen functional groups attached to an aromatic ring is 1. The Hall–Kier alpha value is -2.15. The molecule has 0 aromatic carbocycles. The highest BCUT2D eigenvalue weighted by Gasteiger charge is 2.24. The molecule has 3 rings (SSSR count). The van der Waals surface area contributed by atoms with Gasteiger partial charge in [0.25, 0.3) is 5.91 Å². The van der Waals surface area contributed by atoms with Gasteiger partial charge in [-0.2, -0.15) is 0 Å². The van der Waals surface area contributed by atoms with E-state index in [0.717, 1.165) is 19.0 Å². The molecule has 2 aromatic heterocycles. The zero-order valence-electron chi connectivity index (χ0n) is 10.9. The monoisotopic (exact) mass is 289 g/mol. The molecule has 0 spiro atoms. The first kappa shape index (κ1) is 12.9. The Morgan fingerprint density at radius 2 is 1.90 bits per heavy atom. The number of rotatable bonds is 2. The second-order valence-corrected chi connectivity index (χ2v) is 5.45. The van der Waals surface area contributed by atoms with Crippen molar-refractivity contribution in [2.45, 2.75) is 0 Å². The van der Waals surface area contributed by atoms with Gasteiger partial charge < -0.3 is 15.5 Å². The summed E-state index contributed by atoms with van der Waals surface area (Å²) in [5, 5.41) is 1.84. The fourth-order valence-corrected chi connectivity index (χ4v) is 2.99. The summed E-state index contributed by atoms with van der Waals surface area (Å²) in [5.74, 6) is 0.737. The van der Waals surface area contributed by atoms with E-state index >= 15 is 0 Å². The molecule has 6 nitrogen and oxygen atoms in total. The molecule has 1 amide bonds. The molecule has 3 heterocycles. The van der Waals surface area contributed by atoms with Gasteiger partial charge in [-0.1, -0.05) is 0 Å².